The van der Waals surface area contributed by atoms with E-state index >= 15 is 0 Å². The van der Waals surface area contributed by atoms with Gasteiger partial charge >= 0.3 is 5.69 Å². The van der Waals surface area contributed by atoms with Crippen LogP contribution in [0.3, 0.4) is 0 Å². The highest BCUT2D eigenvalue weighted by Gasteiger charge is 2.35. The van der Waals surface area contributed by atoms with Crippen molar-refractivity contribution < 1.29 is 9.84 Å². The second-order valence-electron chi connectivity index (χ2n) is 3.86. The van der Waals surface area contributed by atoms with Crippen molar-refractivity contribution in [3.05, 3.63) is 22.7 Å². The first-order valence-electron chi connectivity index (χ1n) is 5.23. The zero-order valence-corrected chi connectivity index (χ0v) is 9.11. The van der Waals surface area contributed by atoms with Crippen LogP contribution in [-0.4, -0.2) is 27.4 Å². The average molecular weight is 235 g/mol. The Morgan fingerprint density at radius 2 is 2.53 bits per heavy atom. The molecule has 90 valence electrons. The Morgan fingerprint density at radius 3 is 3.06 bits per heavy atom. The molecular formula is C11H13N3O3. The molecular weight excluding hydrogens is 222 g/mol. The van der Waals surface area contributed by atoms with Crippen molar-refractivity contribution in [1.82, 2.24) is 9.55 Å². The van der Waals surface area contributed by atoms with Crippen molar-refractivity contribution in [2.45, 2.75) is 18.8 Å². The van der Waals surface area contributed by atoms with Crippen molar-refractivity contribution in [2.75, 3.05) is 12.3 Å². The van der Waals surface area contributed by atoms with Gasteiger partial charge in [-0.15, -0.1) is 12.3 Å². The Hall–Kier alpha value is -1.84. The number of anilines is 1. The topological polar surface area (TPSA) is 90.4 Å². The second-order valence-corrected chi connectivity index (χ2v) is 3.86. The Labute approximate surface area is 98.0 Å². The molecule has 0 saturated carbocycles. The average Bonchev–Trinajstić information content (AvgIpc) is 2.72. The first-order valence-corrected chi connectivity index (χ1v) is 5.23. The van der Waals surface area contributed by atoms with Gasteiger partial charge in [-0.25, -0.2) is 4.79 Å². The molecule has 1 aromatic heterocycles. The van der Waals surface area contributed by atoms with Gasteiger partial charge in [-0.05, 0) is 6.07 Å². The molecule has 3 atom stereocenters. The lowest BCUT2D eigenvalue weighted by atomic mass is 10.0. The van der Waals surface area contributed by atoms with Gasteiger partial charge in [0.25, 0.3) is 0 Å². The fourth-order valence-electron chi connectivity index (χ4n) is 1.89. The van der Waals surface area contributed by atoms with Crippen molar-refractivity contribution in [3.63, 3.8) is 0 Å². The maximum Gasteiger partial charge on any atom is 0.351 e. The van der Waals surface area contributed by atoms with Crippen LogP contribution in [0.1, 0.15) is 12.6 Å². The van der Waals surface area contributed by atoms with Gasteiger partial charge in [0, 0.05) is 12.6 Å². The van der Waals surface area contributed by atoms with E-state index in [9.17, 15) is 4.79 Å². The highest BCUT2D eigenvalue weighted by molar-refractivity contribution is 5.23. The summed E-state index contributed by atoms with van der Waals surface area (Å²) in [5.74, 6) is 2.51. The lowest BCUT2D eigenvalue weighted by Gasteiger charge is -2.14. The number of rotatable bonds is 2. The van der Waals surface area contributed by atoms with Crippen LogP contribution in [0.2, 0.25) is 0 Å². The number of aromatic nitrogens is 2. The van der Waals surface area contributed by atoms with E-state index in [-0.39, 0.29) is 18.3 Å². The van der Waals surface area contributed by atoms with Gasteiger partial charge in [0.05, 0.1) is 18.6 Å². The van der Waals surface area contributed by atoms with E-state index in [1.54, 1.807) is 0 Å². The van der Waals surface area contributed by atoms with Gasteiger partial charge in [-0.1, -0.05) is 0 Å². The van der Waals surface area contributed by atoms with Crippen LogP contribution < -0.4 is 11.4 Å². The Balaban J connectivity index is 2.26. The van der Waals surface area contributed by atoms with Crippen LogP contribution in [0.4, 0.5) is 5.82 Å². The maximum absolute atomic E-state index is 11.6. The van der Waals surface area contributed by atoms with Crippen LogP contribution in [0.25, 0.3) is 0 Å². The highest BCUT2D eigenvalue weighted by atomic mass is 16.5. The number of ether oxygens (including phenoxy) is 1. The molecule has 1 fully saturated rings. The predicted molar refractivity (Wildman–Crippen MR) is 60.8 cm³/mol. The Morgan fingerprint density at radius 1 is 1.76 bits per heavy atom. The molecule has 0 spiro atoms. The zero-order valence-electron chi connectivity index (χ0n) is 9.11. The molecule has 0 unspecified atom stereocenters. The number of hydrogen-bond donors (Lipinski definition) is 2. The second kappa shape index (κ2) is 4.57. The highest BCUT2D eigenvalue weighted by Crippen LogP contribution is 2.31. The van der Waals surface area contributed by atoms with E-state index in [4.69, 9.17) is 22.0 Å². The van der Waals surface area contributed by atoms with E-state index in [2.05, 4.69) is 10.9 Å². The lowest BCUT2D eigenvalue weighted by Crippen LogP contribution is -2.27. The molecule has 0 aliphatic carbocycles. The van der Waals surface area contributed by atoms with E-state index < -0.39 is 18.0 Å². The maximum atomic E-state index is 11.6. The third-order valence-electron chi connectivity index (χ3n) is 2.79. The minimum absolute atomic E-state index is 0.163. The summed E-state index contributed by atoms with van der Waals surface area (Å²) in [4.78, 5) is 15.2. The van der Waals surface area contributed by atoms with E-state index in [1.807, 2.05) is 0 Å². The fraction of sp³-hybridized carbons (Fsp3) is 0.455. The first-order chi connectivity index (χ1) is 8.15. The number of nitrogen functional groups attached to an aromatic ring is 1. The van der Waals surface area contributed by atoms with Gasteiger partial charge in [-0.2, -0.15) is 4.98 Å². The Bertz CT molecular complexity index is 505. The van der Waals surface area contributed by atoms with Crippen molar-refractivity contribution in [2.24, 2.45) is 5.92 Å². The number of hydrogen-bond acceptors (Lipinski definition) is 5. The fourth-order valence-corrected chi connectivity index (χ4v) is 1.89. The van der Waals surface area contributed by atoms with Crippen LogP contribution in [0.5, 0.6) is 0 Å². The summed E-state index contributed by atoms with van der Waals surface area (Å²) in [6.45, 7) is -0.164. The molecule has 6 nitrogen and oxygen atoms in total. The predicted octanol–water partition coefficient (Wildman–Crippen LogP) is -0.645. The molecule has 1 aliphatic rings. The van der Waals surface area contributed by atoms with Gasteiger partial charge in [0.1, 0.15) is 12.0 Å². The number of nitrogens with two attached hydrogens (primary N) is 1. The van der Waals surface area contributed by atoms with Crippen LogP contribution in [0.15, 0.2) is 17.1 Å². The lowest BCUT2D eigenvalue weighted by molar-refractivity contribution is -0.0288. The summed E-state index contributed by atoms with van der Waals surface area (Å²) in [6.07, 6.45) is 6.41. The summed E-state index contributed by atoms with van der Waals surface area (Å²) in [5, 5.41) is 9.10. The monoisotopic (exact) mass is 235 g/mol. The van der Waals surface area contributed by atoms with Gasteiger partial charge in [0.15, 0.2) is 0 Å². The third-order valence-corrected chi connectivity index (χ3v) is 2.79. The zero-order chi connectivity index (χ0) is 12.4. The largest absolute Gasteiger partial charge is 0.394 e. The van der Waals surface area contributed by atoms with E-state index in [0.29, 0.717) is 6.42 Å². The normalized spacial score (nSPS) is 27.9. The summed E-state index contributed by atoms with van der Waals surface area (Å²) in [6, 6.07) is 1.52. The summed E-state index contributed by atoms with van der Waals surface area (Å²) < 4.78 is 6.84. The molecule has 2 heterocycles. The molecule has 1 saturated heterocycles. The Kier molecular flexibility index (Phi) is 3.13. The van der Waals surface area contributed by atoms with E-state index in [0.717, 1.165) is 0 Å². The third kappa shape index (κ3) is 2.16. The standard InChI is InChI=1S/C11H13N3O3/c1-2-7-5-10(17-8(7)6-15)14-4-3-9(12)13-11(14)16/h1,3-4,7-8,10,15H,5-6H2,(H2,12,13,16)/t7-,8-,10-/m1/s1. The van der Waals surface area contributed by atoms with Crippen molar-refractivity contribution >= 4 is 5.82 Å². The minimum Gasteiger partial charge on any atom is -0.394 e. The summed E-state index contributed by atoms with van der Waals surface area (Å²) >= 11 is 0. The molecule has 17 heavy (non-hydrogen) atoms. The molecule has 3 N–H and O–H groups in total. The van der Waals surface area contributed by atoms with Crippen LogP contribution >= 0.6 is 0 Å². The number of aliphatic hydroxyl groups is 1. The first kappa shape index (κ1) is 11.6. The van der Waals surface area contributed by atoms with Crippen LogP contribution in [0, 0.1) is 18.3 Å². The molecule has 1 aliphatic heterocycles. The molecule has 0 aromatic carbocycles. The molecule has 0 amide bonds. The minimum atomic E-state index is -0.492. The van der Waals surface area contributed by atoms with Crippen LogP contribution in [-0.2, 0) is 4.74 Å². The number of aliphatic hydroxyl groups excluding tert-OH is 1. The molecule has 2 rings (SSSR count). The van der Waals surface area contributed by atoms with Gasteiger partial charge < -0.3 is 15.6 Å². The summed E-state index contributed by atoms with van der Waals surface area (Å²) in [5.41, 5.74) is 4.91. The number of nitrogens with zero attached hydrogens (tertiary/aromatic N) is 2. The molecule has 1 aromatic rings. The van der Waals surface area contributed by atoms with Gasteiger partial charge in [-0.3, -0.25) is 4.57 Å². The SMILES string of the molecule is C#C[C@@H]1C[C@H](n2ccc(N)nc2=O)O[C@@H]1CO. The van der Waals surface area contributed by atoms with Crippen molar-refractivity contribution in [1.29, 1.82) is 0 Å². The van der Waals surface area contributed by atoms with E-state index in [1.165, 1.54) is 16.8 Å². The smallest absolute Gasteiger partial charge is 0.351 e. The summed E-state index contributed by atoms with van der Waals surface area (Å²) in [7, 11) is 0. The van der Waals surface area contributed by atoms with Crippen molar-refractivity contribution in [3.8, 4) is 12.3 Å². The molecule has 0 radical (unpaired) electrons. The molecule has 0 bridgehead atoms. The quantitative estimate of drug-likeness (QED) is 0.665. The molecule has 6 heteroatoms. The van der Waals surface area contributed by atoms with Gasteiger partial charge in [0.2, 0.25) is 0 Å². The number of terminal acetylenes is 1.